The van der Waals surface area contributed by atoms with Crippen LogP contribution in [0, 0.1) is 12.8 Å². The van der Waals surface area contributed by atoms with E-state index in [4.69, 9.17) is 9.84 Å². The van der Waals surface area contributed by atoms with Gasteiger partial charge in [-0.2, -0.15) is 0 Å². The van der Waals surface area contributed by atoms with Crippen molar-refractivity contribution in [2.24, 2.45) is 5.92 Å². The van der Waals surface area contributed by atoms with Crippen molar-refractivity contribution in [3.63, 3.8) is 0 Å². The number of carboxylic acids is 1. The maximum atomic E-state index is 11.8. The molecule has 1 fully saturated rings. The van der Waals surface area contributed by atoms with Gasteiger partial charge >= 0.3 is 12.1 Å². The van der Waals surface area contributed by atoms with Gasteiger partial charge in [0, 0.05) is 16.9 Å². The zero-order chi connectivity index (χ0) is 14.0. The number of hydrogen-bond donors (Lipinski definition) is 1. The van der Waals surface area contributed by atoms with Crippen molar-refractivity contribution in [3.05, 3.63) is 28.2 Å². The van der Waals surface area contributed by atoms with E-state index in [0.29, 0.717) is 6.54 Å². The minimum Gasteiger partial charge on any atom is -0.481 e. The highest BCUT2D eigenvalue weighted by atomic mass is 79.9. The minimum atomic E-state index is -0.879. The molecule has 0 saturated carbocycles. The van der Waals surface area contributed by atoms with Crippen molar-refractivity contribution in [1.82, 2.24) is 0 Å². The number of carbonyl (C=O) groups is 2. The Bertz CT molecular complexity index is 517. The molecule has 1 aromatic rings. The van der Waals surface area contributed by atoms with E-state index in [9.17, 15) is 9.59 Å². The third-order valence-corrected chi connectivity index (χ3v) is 3.51. The van der Waals surface area contributed by atoms with Gasteiger partial charge in [0.05, 0.1) is 18.7 Å². The fourth-order valence-corrected chi connectivity index (χ4v) is 2.62. The van der Waals surface area contributed by atoms with Crippen LogP contribution in [0.1, 0.15) is 12.0 Å². The summed E-state index contributed by atoms with van der Waals surface area (Å²) in [7, 11) is 0. The summed E-state index contributed by atoms with van der Waals surface area (Å²) in [6.07, 6.45) is -0.425. The minimum absolute atomic E-state index is 0.000639. The molecule has 1 aromatic carbocycles. The van der Waals surface area contributed by atoms with E-state index < -0.39 is 12.1 Å². The number of carboxylic acid groups (broad SMARTS) is 1. The summed E-state index contributed by atoms with van der Waals surface area (Å²) in [5.41, 5.74) is 1.69. The van der Waals surface area contributed by atoms with Crippen LogP contribution in [0.4, 0.5) is 10.5 Å². The fourth-order valence-electron chi connectivity index (χ4n) is 2.14. The highest BCUT2D eigenvalue weighted by Crippen LogP contribution is 2.27. The quantitative estimate of drug-likeness (QED) is 0.926. The predicted octanol–water partition coefficient (Wildman–Crippen LogP) is 2.81. The first kappa shape index (κ1) is 13.9. The van der Waals surface area contributed by atoms with Crippen LogP contribution in [0.15, 0.2) is 22.7 Å². The van der Waals surface area contributed by atoms with E-state index in [1.807, 2.05) is 25.1 Å². The van der Waals surface area contributed by atoms with E-state index in [1.165, 1.54) is 4.90 Å². The summed E-state index contributed by atoms with van der Waals surface area (Å²) in [6, 6.07) is 5.57. The summed E-state index contributed by atoms with van der Waals surface area (Å²) in [6.45, 7) is 2.43. The third kappa shape index (κ3) is 3.26. The summed E-state index contributed by atoms with van der Waals surface area (Å²) < 4.78 is 5.99. The zero-order valence-electron chi connectivity index (χ0n) is 10.4. The van der Waals surface area contributed by atoms with Crippen LogP contribution in [0.25, 0.3) is 0 Å². The van der Waals surface area contributed by atoms with Gasteiger partial charge < -0.3 is 9.84 Å². The van der Waals surface area contributed by atoms with Gasteiger partial charge in [0.2, 0.25) is 0 Å². The molecule has 0 spiro atoms. The van der Waals surface area contributed by atoms with E-state index in [0.717, 1.165) is 15.7 Å². The third-order valence-electron chi connectivity index (χ3n) is 3.02. The second-order valence-corrected chi connectivity index (χ2v) is 5.50. The lowest BCUT2D eigenvalue weighted by molar-refractivity contribution is -0.138. The number of benzene rings is 1. The first-order chi connectivity index (χ1) is 8.97. The molecule has 2 rings (SSSR count). The largest absolute Gasteiger partial charge is 0.481 e. The molecular weight excluding hydrogens is 314 g/mol. The number of halogens is 1. The number of amides is 1. The smallest absolute Gasteiger partial charge is 0.414 e. The first-order valence-corrected chi connectivity index (χ1v) is 6.69. The molecule has 1 atom stereocenters. The number of anilines is 1. The number of aliphatic carboxylic acids is 1. The molecule has 0 aliphatic carbocycles. The molecule has 5 nitrogen and oxygen atoms in total. The molecule has 1 unspecified atom stereocenters. The Labute approximate surface area is 119 Å². The molecular formula is C13H14BrNO4. The first-order valence-electron chi connectivity index (χ1n) is 5.89. The van der Waals surface area contributed by atoms with Crippen LogP contribution in [0.5, 0.6) is 0 Å². The number of hydrogen-bond acceptors (Lipinski definition) is 3. The average molecular weight is 328 g/mol. The Kier molecular flexibility index (Phi) is 4.09. The van der Waals surface area contributed by atoms with Crippen molar-refractivity contribution < 1.29 is 19.4 Å². The topological polar surface area (TPSA) is 66.8 Å². The molecule has 0 radical (unpaired) electrons. The van der Waals surface area contributed by atoms with E-state index in [2.05, 4.69) is 15.9 Å². The van der Waals surface area contributed by atoms with Gasteiger partial charge in [0.25, 0.3) is 0 Å². The maximum Gasteiger partial charge on any atom is 0.414 e. The molecule has 6 heteroatoms. The molecule has 1 aliphatic rings. The number of nitrogens with zero attached hydrogens (tertiary/aromatic N) is 1. The molecule has 102 valence electrons. The molecule has 1 saturated heterocycles. The summed E-state index contributed by atoms with van der Waals surface area (Å²) in [4.78, 5) is 24.0. The van der Waals surface area contributed by atoms with E-state index in [-0.39, 0.29) is 18.9 Å². The second-order valence-electron chi connectivity index (χ2n) is 4.58. The number of ether oxygens (including phenoxy) is 1. The van der Waals surface area contributed by atoms with Gasteiger partial charge in [-0.25, -0.2) is 4.79 Å². The lowest BCUT2D eigenvalue weighted by Gasteiger charge is -2.32. The summed E-state index contributed by atoms with van der Waals surface area (Å²) in [5, 5.41) is 8.81. The van der Waals surface area contributed by atoms with Crippen LogP contribution in [-0.2, 0) is 9.53 Å². The number of cyclic esters (lactones) is 1. The van der Waals surface area contributed by atoms with E-state index in [1.54, 1.807) is 0 Å². The molecule has 19 heavy (non-hydrogen) atoms. The molecule has 0 aromatic heterocycles. The van der Waals surface area contributed by atoms with Gasteiger partial charge in [-0.05, 0) is 30.7 Å². The standard InChI is InChI=1S/C13H14BrNO4/c1-8-4-10(14)2-3-11(8)15-6-9(5-12(16)17)7-19-13(15)18/h2-4,9H,5-7H2,1H3,(H,16,17). The van der Waals surface area contributed by atoms with Crippen molar-refractivity contribution >= 4 is 33.7 Å². The monoisotopic (exact) mass is 327 g/mol. The van der Waals surface area contributed by atoms with E-state index >= 15 is 0 Å². The zero-order valence-corrected chi connectivity index (χ0v) is 12.0. The Balaban J connectivity index is 2.21. The molecule has 0 bridgehead atoms. The molecule has 1 amide bonds. The van der Waals surface area contributed by atoms with Gasteiger partial charge in [0.15, 0.2) is 0 Å². The molecule has 1 heterocycles. The van der Waals surface area contributed by atoms with Crippen LogP contribution in [0.2, 0.25) is 0 Å². The molecule has 1 N–H and O–H groups in total. The van der Waals surface area contributed by atoms with Gasteiger partial charge in [-0.1, -0.05) is 15.9 Å². The highest BCUT2D eigenvalue weighted by Gasteiger charge is 2.30. The van der Waals surface area contributed by atoms with Gasteiger partial charge in [0.1, 0.15) is 0 Å². The molecule has 1 aliphatic heterocycles. The summed E-state index contributed by atoms with van der Waals surface area (Å²) in [5.74, 6) is -1.06. The Morgan fingerprint density at radius 2 is 2.32 bits per heavy atom. The lowest BCUT2D eigenvalue weighted by atomic mass is 10.0. The van der Waals surface area contributed by atoms with Gasteiger partial charge in [-0.3, -0.25) is 9.69 Å². The van der Waals surface area contributed by atoms with Crippen molar-refractivity contribution in [3.8, 4) is 0 Å². The Morgan fingerprint density at radius 3 is 2.95 bits per heavy atom. The van der Waals surface area contributed by atoms with Crippen LogP contribution < -0.4 is 4.90 Å². The average Bonchev–Trinajstić information content (AvgIpc) is 2.31. The van der Waals surface area contributed by atoms with Crippen LogP contribution >= 0.6 is 15.9 Å². The van der Waals surface area contributed by atoms with Crippen LogP contribution in [-0.4, -0.2) is 30.3 Å². The lowest BCUT2D eigenvalue weighted by Crippen LogP contribution is -2.44. The SMILES string of the molecule is Cc1cc(Br)ccc1N1CC(CC(=O)O)COC1=O. The van der Waals surface area contributed by atoms with Gasteiger partial charge in [-0.15, -0.1) is 0 Å². The summed E-state index contributed by atoms with van der Waals surface area (Å²) >= 11 is 3.37. The maximum absolute atomic E-state index is 11.8. The second kappa shape index (κ2) is 5.61. The Morgan fingerprint density at radius 1 is 1.58 bits per heavy atom. The predicted molar refractivity (Wildman–Crippen MR) is 73.3 cm³/mol. The number of rotatable bonds is 3. The van der Waals surface area contributed by atoms with Crippen molar-refractivity contribution in [2.45, 2.75) is 13.3 Å². The van der Waals surface area contributed by atoms with Crippen LogP contribution in [0.3, 0.4) is 0 Å². The van der Waals surface area contributed by atoms with Crippen molar-refractivity contribution in [1.29, 1.82) is 0 Å². The number of carbonyl (C=O) groups excluding carboxylic acids is 1. The number of aryl methyl sites for hydroxylation is 1. The Hall–Kier alpha value is -1.56. The normalized spacial score (nSPS) is 19.2. The van der Waals surface area contributed by atoms with Crippen molar-refractivity contribution in [2.75, 3.05) is 18.1 Å². The highest BCUT2D eigenvalue weighted by molar-refractivity contribution is 9.10. The fraction of sp³-hybridized carbons (Fsp3) is 0.385.